The topological polar surface area (TPSA) is 76.2 Å². The fourth-order valence-corrected chi connectivity index (χ4v) is 2.91. The van der Waals surface area contributed by atoms with Crippen LogP contribution in [-0.4, -0.2) is 46.3 Å². The summed E-state index contributed by atoms with van der Waals surface area (Å²) in [4.78, 5) is 14.4. The Labute approximate surface area is 126 Å². The van der Waals surface area contributed by atoms with Crippen LogP contribution < -0.4 is 11.1 Å². The number of likely N-dealkylation sites (tertiary alicyclic amines) is 1. The summed E-state index contributed by atoms with van der Waals surface area (Å²) in [7, 11) is 0. The first-order valence-corrected chi connectivity index (χ1v) is 7.83. The molecule has 1 aliphatic heterocycles. The van der Waals surface area contributed by atoms with Gasteiger partial charge in [0, 0.05) is 19.1 Å². The first kappa shape index (κ1) is 16.0. The number of carbonyl (C=O) groups excluding carboxylic acids is 1. The molecule has 1 aromatic rings. The van der Waals surface area contributed by atoms with Crippen LogP contribution in [0.25, 0.3) is 0 Å². The molecule has 1 fully saturated rings. The van der Waals surface area contributed by atoms with Crippen molar-refractivity contribution in [3.8, 4) is 0 Å². The Morgan fingerprint density at radius 3 is 2.81 bits per heavy atom. The number of hydrogen-bond donors (Lipinski definition) is 2. The predicted octanol–water partition coefficient (Wildman–Crippen LogP) is 1.27. The molecule has 0 bridgehead atoms. The summed E-state index contributed by atoms with van der Waals surface area (Å²) in [6, 6.07) is 0.283. The van der Waals surface area contributed by atoms with Crippen LogP contribution in [0.5, 0.6) is 0 Å². The molecule has 0 aromatic carbocycles. The maximum Gasteiger partial charge on any atom is 0.238 e. The molecule has 21 heavy (non-hydrogen) atoms. The van der Waals surface area contributed by atoms with E-state index in [-0.39, 0.29) is 11.9 Å². The van der Waals surface area contributed by atoms with Crippen LogP contribution in [0.1, 0.15) is 37.6 Å². The van der Waals surface area contributed by atoms with Crippen molar-refractivity contribution >= 4 is 11.6 Å². The Kier molecular flexibility index (Phi) is 5.36. The van der Waals surface area contributed by atoms with Crippen molar-refractivity contribution in [2.45, 2.75) is 52.6 Å². The van der Waals surface area contributed by atoms with Gasteiger partial charge in [0.25, 0.3) is 0 Å². The molecule has 6 nitrogen and oxygen atoms in total. The zero-order valence-corrected chi connectivity index (χ0v) is 13.4. The van der Waals surface area contributed by atoms with Crippen molar-refractivity contribution in [2.75, 3.05) is 25.0 Å². The van der Waals surface area contributed by atoms with Gasteiger partial charge in [0.15, 0.2) is 0 Å². The molecular formula is C15H27N5O. The van der Waals surface area contributed by atoms with Gasteiger partial charge in [-0.05, 0) is 46.6 Å². The summed E-state index contributed by atoms with van der Waals surface area (Å²) in [5, 5.41) is 7.44. The Bertz CT molecular complexity index is 496. The fraction of sp³-hybridized carbons (Fsp3) is 0.733. The summed E-state index contributed by atoms with van der Waals surface area (Å²) in [5.74, 6) is 0.0346. The standard InChI is InChI=1S/C15H27N5O/c1-4-20-12(3)15(11(2)18-20)17-14(21)10-19-8-5-6-13(16)7-9-19/h13H,4-10,16H2,1-3H3,(H,17,21)/t13-/m1/s1. The third kappa shape index (κ3) is 4.04. The molecule has 0 unspecified atom stereocenters. The zero-order chi connectivity index (χ0) is 15.4. The molecule has 2 rings (SSSR count). The lowest BCUT2D eigenvalue weighted by atomic mass is 10.1. The van der Waals surface area contributed by atoms with Gasteiger partial charge in [-0.25, -0.2) is 0 Å². The van der Waals surface area contributed by atoms with Gasteiger partial charge in [-0.2, -0.15) is 5.10 Å². The first-order chi connectivity index (χ1) is 10.0. The van der Waals surface area contributed by atoms with Gasteiger partial charge in [-0.3, -0.25) is 14.4 Å². The molecule has 118 valence electrons. The average molecular weight is 293 g/mol. The molecule has 0 saturated carbocycles. The average Bonchev–Trinajstić information content (AvgIpc) is 2.61. The number of aryl methyl sites for hydroxylation is 2. The van der Waals surface area contributed by atoms with Crippen LogP contribution in [0.3, 0.4) is 0 Å². The van der Waals surface area contributed by atoms with Crippen molar-refractivity contribution in [2.24, 2.45) is 5.73 Å². The number of rotatable bonds is 4. The summed E-state index contributed by atoms with van der Waals surface area (Å²) >= 11 is 0. The second-order valence-electron chi connectivity index (χ2n) is 5.88. The van der Waals surface area contributed by atoms with Crippen LogP contribution in [-0.2, 0) is 11.3 Å². The molecule has 1 atom stereocenters. The maximum absolute atomic E-state index is 12.3. The van der Waals surface area contributed by atoms with E-state index in [2.05, 4.69) is 15.3 Å². The highest BCUT2D eigenvalue weighted by Crippen LogP contribution is 2.19. The van der Waals surface area contributed by atoms with Gasteiger partial charge < -0.3 is 11.1 Å². The van der Waals surface area contributed by atoms with Gasteiger partial charge in [-0.1, -0.05) is 0 Å². The van der Waals surface area contributed by atoms with Gasteiger partial charge in [0.05, 0.1) is 23.6 Å². The van der Waals surface area contributed by atoms with Gasteiger partial charge in [0.2, 0.25) is 5.91 Å². The normalized spacial score (nSPS) is 20.3. The molecule has 0 radical (unpaired) electrons. The number of aromatic nitrogens is 2. The highest BCUT2D eigenvalue weighted by molar-refractivity contribution is 5.93. The minimum Gasteiger partial charge on any atom is -0.328 e. The van der Waals surface area contributed by atoms with Crippen molar-refractivity contribution in [1.82, 2.24) is 14.7 Å². The Balaban J connectivity index is 1.94. The molecule has 1 amide bonds. The van der Waals surface area contributed by atoms with E-state index in [1.807, 2.05) is 25.5 Å². The van der Waals surface area contributed by atoms with Gasteiger partial charge >= 0.3 is 0 Å². The summed E-state index contributed by atoms with van der Waals surface area (Å²) in [6.45, 7) is 9.07. The molecule has 6 heteroatoms. The smallest absolute Gasteiger partial charge is 0.238 e. The molecular weight excluding hydrogens is 266 g/mol. The lowest BCUT2D eigenvalue weighted by Gasteiger charge is -2.19. The molecule has 1 aliphatic rings. The van der Waals surface area contributed by atoms with Crippen molar-refractivity contribution < 1.29 is 4.79 Å². The number of hydrogen-bond acceptors (Lipinski definition) is 4. The highest BCUT2D eigenvalue weighted by atomic mass is 16.2. The number of amides is 1. The van der Waals surface area contributed by atoms with Crippen LogP contribution in [0, 0.1) is 13.8 Å². The quantitative estimate of drug-likeness (QED) is 0.876. The summed E-state index contributed by atoms with van der Waals surface area (Å²) in [5.41, 5.74) is 8.72. The Hall–Kier alpha value is -1.40. The molecule has 0 spiro atoms. The lowest BCUT2D eigenvalue weighted by molar-refractivity contribution is -0.117. The molecule has 2 heterocycles. The van der Waals surface area contributed by atoms with Crippen LogP contribution >= 0.6 is 0 Å². The second kappa shape index (κ2) is 7.04. The minimum absolute atomic E-state index is 0.0346. The van der Waals surface area contributed by atoms with Crippen LogP contribution in [0.15, 0.2) is 0 Å². The molecule has 1 aromatic heterocycles. The second-order valence-corrected chi connectivity index (χ2v) is 5.88. The van der Waals surface area contributed by atoms with E-state index < -0.39 is 0 Å². The van der Waals surface area contributed by atoms with E-state index >= 15 is 0 Å². The monoisotopic (exact) mass is 293 g/mol. The third-order valence-electron chi connectivity index (χ3n) is 4.18. The molecule has 0 aliphatic carbocycles. The minimum atomic E-state index is 0.0346. The molecule has 3 N–H and O–H groups in total. The lowest BCUT2D eigenvalue weighted by Crippen LogP contribution is -2.34. The largest absolute Gasteiger partial charge is 0.328 e. The Morgan fingerprint density at radius 2 is 2.14 bits per heavy atom. The Morgan fingerprint density at radius 1 is 1.38 bits per heavy atom. The SMILES string of the molecule is CCn1nc(C)c(NC(=O)CN2CCC[C@@H](N)CC2)c1C. The first-order valence-electron chi connectivity index (χ1n) is 7.83. The van der Waals surface area contributed by atoms with E-state index in [4.69, 9.17) is 5.73 Å². The zero-order valence-electron chi connectivity index (χ0n) is 13.4. The maximum atomic E-state index is 12.3. The number of carbonyl (C=O) groups is 1. The van der Waals surface area contributed by atoms with E-state index in [1.165, 1.54) is 0 Å². The van der Waals surface area contributed by atoms with Gasteiger partial charge in [0.1, 0.15) is 0 Å². The highest BCUT2D eigenvalue weighted by Gasteiger charge is 2.18. The van der Waals surface area contributed by atoms with Crippen molar-refractivity contribution in [3.63, 3.8) is 0 Å². The number of nitrogens with one attached hydrogen (secondary N) is 1. The number of nitrogens with two attached hydrogens (primary N) is 1. The number of anilines is 1. The third-order valence-corrected chi connectivity index (χ3v) is 4.18. The fourth-order valence-electron chi connectivity index (χ4n) is 2.91. The molecule has 1 saturated heterocycles. The van der Waals surface area contributed by atoms with Crippen LogP contribution in [0.4, 0.5) is 5.69 Å². The van der Waals surface area contributed by atoms with E-state index in [0.717, 1.165) is 56.0 Å². The van der Waals surface area contributed by atoms with E-state index in [1.54, 1.807) is 0 Å². The van der Waals surface area contributed by atoms with Crippen molar-refractivity contribution in [1.29, 1.82) is 0 Å². The van der Waals surface area contributed by atoms with Crippen LogP contribution in [0.2, 0.25) is 0 Å². The predicted molar refractivity (Wildman–Crippen MR) is 84.3 cm³/mol. The van der Waals surface area contributed by atoms with E-state index in [9.17, 15) is 4.79 Å². The summed E-state index contributed by atoms with van der Waals surface area (Å²) < 4.78 is 1.91. The number of nitrogens with zero attached hydrogens (tertiary/aromatic N) is 3. The summed E-state index contributed by atoms with van der Waals surface area (Å²) in [6.07, 6.45) is 3.10. The van der Waals surface area contributed by atoms with Crippen molar-refractivity contribution in [3.05, 3.63) is 11.4 Å². The van der Waals surface area contributed by atoms with Gasteiger partial charge in [-0.15, -0.1) is 0 Å². The van der Waals surface area contributed by atoms with E-state index in [0.29, 0.717) is 6.54 Å².